The third-order valence-corrected chi connectivity index (χ3v) is 13.0. The molecule has 5 saturated carbocycles. The summed E-state index contributed by atoms with van der Waals surface area (Å²) in [5.41, 5.74) is 0. The zero-order valence-corrected chi connectivity index (χ0v) is 26.3. The summed E-state index contributed by atoms with van der Waals surface area (Å²) in [6.45, 7) is 0.594. The van der Waals surface area contributed by atoms with Crippen molar-refractivity contribution >= 4 is 5.97 Å². The number of hydrogen-bond acceptors (Lipinski definition) is 10. The molecular weight excluding hydrogens is 580 g/mol. The Morgan fingerprint density at radius 3 is 1.24 bits per heavy atom. The molecule has 0 amide bonds. The molecule has 0 N–H and O–H groups in total. The second-order valence-corrected chi connectivity index (χ2v) is 16.1. The van der Waals surface area contributed by atoms with Crippen LogP contribution in [0.1, 0.15) is 96.3 Å². The second-order valence-electron chi connectivity index (χ2n) is 16.1. The van der Waals surface area contributed by atoms with Crippen molar-refractivity contribution in [1.82, 2.24) is 0 Å². The van der Waals surface area contributed by atoms with Crippen molar-refractivity contribution in [2.24, 2.45) is 29.6 Å². The molecule has 10 nitrogen and oxygen atoms in total. The number of carbonyl (C=O) groups excluding carboxylic acids is 1. The fourth-order valence-electron chi connectivity index (χ4n) is 9.78. The molecular formula is C35H50O10. The van der Waals surface area contributed by atoms with Crippen molar-refractivity contribution in [1.29, 1.82) is 0 Å². The number of esters is 1. The lowest BCUT2D eigenvalue weighted by Crippen LogP contribution is -2.50. The first kappa shape index (κ1) is 29.1. The Morgan fingerprint density at radius 1 is 0.422 bits per heavy atom. The van der Waals surface area contributed by atoms with Crippen molar-refractivity contribution in [3.05, 3.63) is 0 Å². The highest BCUT2D eigenvalue weighted by Gasteiger charge is 2.54. The zero-order chi connectivity index (χ0) is 29.6. The third-order valence-electron chi connectivity index (χ3n) is 13.0. The Balaban J connectivity index is 0.000000128. The summed E-state index contributed by atoms with van der Waals surface area (Å²) < 4.78 is 53.1. The van der Waals surface area contributed by atoms with Crippen LogP contribution in [0.4, 0.5) is 0 Å². The quantitative estimate of drug-likeness (QED) is 0.309. The molecule has 11 aliphatic rings. The molecule has 5 aliphatic carbocycles. The van der Waals surface area contributed by atoms with E-state index in [2.05, 4.69) is 0 Å². The van der Waals surface area contributed by atoms with Gasteiger partial charge < -0.3 is 42.6 Å². The monoisotopic (exact) mass is 630 g/mol. The first-order valence-electron chi connectivity index (χ1n) is 18.5. The molecule has 15 unspecified atom stereocenters. The van der Waals surface area contributed by atoms with Gasteiger partial charge in [-0.3, -0.25) is 4.79 Å². The minimum Gasteiger partial charge on any atom is -0.465 e. The van der Waals surface area contributed by atoms with Crippen molar-refractivity contribution in [3.8, 4) is 0 Å². The van der Waals surface area contributed by atoms with Crippen LogP contribution in [0.3, 0.4) is 0 Å². The lowest BCUT2D eigenvalue weighted by molar-refractivity contribution is -0.417. The maximum Gasteiger partial charge on any atom is 0.309 e. The minimum absolute atomic E-state index is 0.00258. The van der Waals surface area contributed by atoms with E-state index in [1.165, 1.54) is 0 Å². The Kier molecular flexibility index (Phi) is 7.53. The highest BCUT2D eigenvalue weighted by Crippen LogP contribution is 2.49. The van der Waals surface area contributed by atoms with Gasteiger partial charge in [-0.25, -0.2) is 0 Å². The van der Waals surface area contributed by atoms with Gasteiger partial charge in [0.15, 0.2) is 18.9 Å². The maximum atomic E-state index is 12.0. The van der Waals surface area contributed by atoms with E-state index in [1.807, 2.05) is 0 Å². The molecule has 6 aliphatic heterocycles. The normalized spacial score (nSPS) is 56.4. The van der Waals surface area contributed by atoms with Crippen molar-refractivity contribution in [3.63, 3.8) is 0 Å². The van der Waals surface area contributed by atoms with E-state index in [0.717, 1.165) is 96.3 Å². The lowest BCUT2D eigenvalue weighted by atomic mass is 9.86. The number of hydrogen-bond donors (Lipinski definition) is 0. The first-order chi connectivity index (χ1) is 22.1. The van der Waals surface area contributed by atoms with Crippen molar-refractivity contribution in [2.75, 3.05) is 6.61 Å². The van der Waals surface area contributed by atoms with E-state index in [4.69, 9.17) is 42.6 Å². The van der Waals surface area contributed by atoms with Gasteiger partial charge in [0.2, 0.25) is 0 Å². The topological polar surface area (TPSA) is 117 Å². The van der Waals surface area contributed by atoms with Gasteiger partial charge in [-0.05, 0) is 102 Å². The molecule has 0 bridgehead atoms. The van der Waals surface area contributed by atoms with Gasteiger partial charge >= 0.3 is 5.97 Å². The van der Waals surface area contributed by atoms with E-state index in [1.54, 1.807) is 0 Å². The van der Waals surface area contributed by atoms with Gasteiger partial charge in [0.25, 0.3) is 0 Å². The van der Waals surface area contributed by atoms with Gasteiger partial charge in [-0.15, -0.1) is 0 Å². The lowest BCUT2D eigenvalue weighted by Gasteiger charge is -2.45. The fourth-order valence-corrected chi connectivity index (χ4v) is 9.78. The van der Waals surface area contributed by atoms with E-state index in [-0.39, 0.29) is 30.8 Å². The Labute approximate surface area is 265 Å². The predicted octanol–water partition coefficient (Wildman–Crippen LogP) is 4.40. The summed E-state index contributed by atoms with van der Waals surface area (Å²) in [6, 6.07) is 0. The van der Waals surface area contributed by atoms with Crippen LogP contribution >= 0.6 is 0 Å². The van der Waals surface area contributed by atoms with Gasteiger partial charge in [0.1, 0.15) is 0 Å². The molecule has 0 aromatic heterocycles. The van der Waals surface area contributed by atoms with Crippen molar-refractivity contribution < 1.29 is 47.4 Å². The van der Waals surface area contributed by atoms with E-state index in [0.29, 0.717) is 91.3 Å². The number of rotatable bonds is 6. The van der Waals surface area contributed by atoms with Crippen LogP contribution in [0.2, 0.25) is 0 Å². The summed E-state index contributed by atoms with van der Waals surface area (Å²) in [4.78, 5) is 12.0. The summed E-state index contributed by atoms with van der Waals surface area (Å²) in [7, 11) is 0. The van der Waals surface area contributed by atoms with E-state index >= 15 is 0 Å². The largest absolute Gasteiger partial charge is 0.465 e. The SMILES string of the molecule is C1CC2OC2CC1C1OC(C2CCC3OC3C2)OC(C2CCC3OC3C2)O1.O=C(OCC1CCC2OC2C1)C1CCC2OC2C1. The molecule has 6 saturated heterocycles. The molecule has 11 fully saturated rings. The van der Waals surface area contributed by atoms with Gasteiger partial charge in [-0.2, -0.15) is 0 Å². The molecule has 0 aromatic carbocycles. The Morgan fingerprint density at radius 2 is 0.822 bits per heavy atom. The molecule has 0 aromatic rings. The summed E-state index contributed by atoms with van der Waals surface area (Å²) in [5, 5.41) is 0. The predicted molar refractivity (Wildman–Crippen MR) is 156 cm³/mol. The average molecular weight is 631 g/mol. The number of ether oxygens (including phenoxy) is 9. The molecule has 15 atom stereocenters. The molecule has 45 heavy (non-hydrogen) atoms. The fraction of sp³-hybridized carbons (Fsp3) is 0.971. The van der Waals surface area contributed by atoms with Crippen LogP contribution in [0.5, 0.6) is 0 Å². The standard InChI is InChI=1S/C21H30O6.C14H20O4/c1-4-13-16(22-13)7-10(1)19-25-20(11-2-5-14-17(8-11)23-14)27-21(26-19)12-3-6-15-18(9-12)24-15;15-14(9-2-4-11-13(6-9)18-11)16-7-8-1-3-10-12(5-8)17-10/h10-21H,1-9H2;8-13H,1-7H2. The van der Waals surface area contributed by atoms with Crippen LogP contribution < -0.4 is 0 Å². The third kappa shape index (κ3) is 6.36. The summed E-state index contributed by atoms with van der Waals surface area (Å²) in [6.07, 6.45) is 20.6. The highest BCUT2D eigenvalue weighted by atomic mass is 16.9. The second kappa shape index (κ2) is 11.6. The van der Waals surface area contributed by atoms with Crippen LogP contribution in [0.15, 0.2) is 0 Å². The summed E-state index contributed by atoms with van der Waals surface area (Å²) >= 11 is 0. The van der Waals surface area contributed by atoms with Gasteiger partial charge in [0.05, 0.1) is 73.6 Å². The smallest absolute Gasteiger partial charge is 0.309 e. The summed E-state index contributed by atoms with van der Waals surface area (Å²) in [5.74, 6) is 1.91. The molecule has 6 heterocycles. The molecule has 250 valence electrons. The molecule has 0 spiro atoms. The van der Waals surface area contributed by atoms with Crippen LogP contribution in [0.25, 0.3) is 0 Å². The Bertz CT molecular complexity index is 1030. The first-order valence-corrected chi connectivity index (χ1v) is 18.5. The number of epoxide rings is 5. The molecule has 11 rings (SSSR count). The zero-order valence-electron chi connectivity index (χ0n) is 26.3. The average Bonchev–Trinajstić information content (AvgIpc) is 3.89. The Hall–Kier alpha value is -0.850. The number of fused-ring (bicyclic) bond motifs is 5. The van der Waals surface area contributed by atoms with E-state index < -0.39 is 0 Å². The number of carbonyl (C=O) groups is 1. The molecule has 10 heteroatoms. The van der Waals surface area contributed by atoms with Crippen LogP contribution in [-0.4, -0.2) is 92.5 Å². The maximum absolute atomic E-state index is 12.0. The van der Waals surface area contributed by atoms with Crippen LogP contribution in [0, 0.1) is 29.6 Å². The minimum atomic E-state index is -0.144. The van der Waals surface area contributed by atoms with E-state index in [9.17, 15) is 4.79 Å². The van der Waals surface area contributed by atoms with Crippen molar-refractivity contribution in [2.45, 2.75) is 176 Å². The van der Waals surface area contributed by atoms with Gasteiger partial charge in [-0.1, -0.05) is 0 Å². The molecule has 0 radical (unpaired) electrons. The van der Waals surface area contributed by atoms with Gasteiger partial charge in [0, 0.05) is 17.8 Å². The highest BCUT2D eigenvalue weighted by molar-refractivity contribution is 5.72. The van der Waals surface area contributed by atoms with Crippen LogP contribution in [-0.2, 0) is 47.4 Å².